The van der Waals surface area contributed by atoms with Gasteiger partial charge in [0.05, 0.1) is 17.1 Å². The molecule has 0 fully saturated rings. The van der Waals surface area contributed by atoms with Crippen molar-refractivity contribution in [2.75, 3.05) is 0 Å². The summed E-state index contributed by atoms with van der Waals surface area (Å²) >= 11 is 0. The van der Waals surface area contributed by atoms with Crippen molar-refractivity contribution < 1.29 is 0 Å². The summed E-state index contributed by atoms with van der Waals surface area (Å²) in [5.41, 5.74) is 11.0. The highest BCUT2D eigenvalue weighted by molar-refractivity contribution is 6.12. The second-order valence-electron chi connectivity index (χ2n) is 10.4. The minimum absolute atomic E-state index is 0.834. The van der Waals surface area contributed by atoms with Crippen molar-refractivity contribution in [3.8, 4) is 44.9 Å². The number of aromatic nitrogens is 4. The van der Waals surface area contributed by atoms with Crippen LogP contribution in [0.1, 0.15) is 16.7 Å². The van der Waals surface area contributed by atoms with Crippen LogP contribution in [-0.2, 0) is 0 Å². The molecule has 0 aliphatic heterocycles. The van der Waals surface area contributed by atoms with Gasteiger partial charge in [0, 0.05) is 47.7 Å². The van der Waals surface area contributed by atoms with Crippen molar-refractivity contribution in [3.05, 3.63) is 163 Å². The Balaban J connectivity index is 1.46. The van der Waals surface area contributed by atoms with Crippen LogP contribution in [0.15, 0.2) is 147 Å². The monoisotopic (exact) mass is 564 g/mol. The molecule has 4 nitrogen and oxygen atoms in total. The summed E-state index contributed by atoms with van der Waals surface area (Å²) in [6.07, 6.45) is 15.6. The number of hydrogen-bond donors (Lipinski definition) is 0. The van der Waals surface area contributed by atoms with Crippen molar-refractivity contribution in [2.24, 2.45) is 0 Å². The van der Waals surface area contributed by atoms with Crippen LogP contribution in [0.5, 0.6) is 0 Å². The molecule has 0 saturated heterocycles. The lowest BCUT2D eigenvalue weighted by molar-refractivity contribution is 1.25. The van der Waals surface area contributed by atoms with E-state index in [-0.39, 0.29) is 0 Å². The van der Waals surface area contributed by atoms with Crippen molar-refractivity contribution in [3.63, 3.8) is 0 Å². The Labute approximate surface area is 256 Å². The standard InChI is InChI=1S/C40H28N4/c1-2-32-35(20-17-28-11-4-3-5-12-28)40(31-19-22-38(44-27-31)37-16-8-9-24-42-37)34-15-7-6-14-33(34)39(32)30-18-21-36(43-26-30)29-13-10-23-41-25-29/h2-27H,1H2/b20-17+. The van der Waals surface area contributed by atoms with E-state index < -0.39 is 0 Å². The van der Waals surface area contributed by atoms with E-state index in [4.69, 9.17) is 9.97 Å². The first-order chi connectivity index (χ1) is 21.8. The van der Waals surface area contributed by atoms with E-state index in [1.807, 2.05) is 67.1 Å². The van der Waals surface area contributed by atoms with Crippen molar-refractivity contribution in [1.29, 1.82) is 0 Å². The third kappa shape index (κ3) is 5.21. The van der Waals surface area contributed by atoms with Crippen LogP contribution in [0.2, 0.25) is 0 Å². The van der Waals surface area contributed by atoms with Gasteiger partial charge in [-0.05, 0) is 75.0 Å². The summed E-state index contributed by atoms with van der Waals surface area (Å²) in [5.74, 6) is 0. The summed E-state index contributed by atoms with van der Waals surface area (Å²) in [6, 6.07) is 37.1. The van der Waals surface area contributed by atoms with Crippen LogP contribution in [0, 0.1) is 0 Å². The first kappa shape index (κ1) is 26.9. The summed E-state index contributed by atoms with van der Waals surface area (Å²) in [4.78, 5) is 18.4. The van der Waals surface area contributed by atoms with Crippen LogP contribution in [0.4, 0.5) is 0 Å². The van der Waals surface area contributed by atoms with Gasteiger partial charge >= 0.3 is 0 Å². The van der Waals surface area contributed by atoms with E-state index in [0.717, 1.165) is 72.4 Å². The summed E-state index contributed by atoms with van der Waals surface area (Å²) < 4.78 is 0. The predicted octanol–water partition coefficient (Wildman–Crippen LogP) is 9.90. The first-order valence-corrected chi connectivity index (χ1v) is 14.5. The molecule has 0 unspecified atom stereocenters. The second kappa shape index (κ2) is 12.1. The molecule has 0 N–H and O–H groups in total. The largest absolute Gasteiger partial charge is 0.264 e. The molecule has 7 rings (SSSR count). The number of hydrogen-bond acceptors (Lipinski definition) is 4. The van der Waals surface area contributed by atoms with E-state index in [1.54, 1.807) is 12.4 Å². The molecular formula is C40H28N4. The van der Waals surface area contributed by atoms with Gasteiger partial charge in [-0.1, -0.05) is 97.6 Å². The molecule has 0 saturated carbocycles. The summed E-state index contributed by atoms with van der Waals surface area (Å²) in [6.45, 7) is 4.31. The second-order valence-corrected chi connectivity index (χ2v) is 10.4. The van der Waals surface area contributed by atoms with Crippen LogP contribution in [0.3, 0.4) is 0 Å². The molecule has 3 aromatic carbocycles. The lowest BCUT2D eigenvalue weighted by atomic mass is 9.83. The quantitative estimate of drug-likeness (QED) is 0.181. The van der Waals surface area contributed by atoms with Crippen molar-refractivity contribution in [1.82, 2.24) is 19.9 Å². The zero-order chi connectivity index (χ0) is 29.7. The molecule has 0 bridgehead atoms. The molecule has 4 aromatic heterocycles. The van der Waals surface area contributed by atoms with Gasteiger partial charge < -0.3 is 0 Å². The SMILES string of the molecule is C=Cc1c(/C=C/c2ccccc2)c(-c2ccc(-c3ccccn3)nc2)c2ccccc2c1-c1ccc(-c2cccnc2)nc1. The molecule has 4 heteroatoms. The van der Waals surface area contributed by atoms with Gasteiger partial charge in [0.15, 0.2) is 0 Å². The van der Waals surface area contributed by atoms with E-state index in [0.29, 0.717) is 0 Å². The number of benzene rings is 3. The Morgan fingerprint density at radius 3 is 1.73 bits per heavy atom. The minimum atomic E-state index is 0.834. The van der Waals surface area contributed by atoms with E-state index >= 15 is 0 Å². The fourth-order valence-electron chi connectivity index (χ4n) is 5.66. The first-order valence-electron chi connectivity index (χ1n) is 14.5. The Morgan fingerprint density at radius 1 is 0.455 bits per heavy atom. The number of rotatable bonds is 7. The molecule has 0 spiro atoms. The third-order valence-corrected chi connectivity index (χ3v) is 7.73. The van der Waals surface area contributed by atoms with Crippen LogP contribution in [0.25, 0.3) is 73.9 Å². The van der Waals surface area contributed by atoms with Gasteiger partial charge in [0.1, 0.15) is 0 Å². The number of pyridine rings is 4. The molecule has 44 heavy (non-hydrogen) atoms. The highest BCUT2D eigenvalue weighted by atomic mass is 14.8. The van der Waals surface area contributed by atoms with Crippen LogP contribution < -0.4 is 0 Å². The molecule has 0 aliphatic rings. The van der Waals surface area contributed by atoms with Crippen molar-refractivity contribution in [2.45, 2.75) is 0 Å². The zero-order valence-corrected chi connectivity index (χ0v) is 24.0. The minimum Gasteiger partial charge on any atom is -0.264 e. The van der Waals surface area contributed by atoms with E-state index in [9.17, 15) is 0 Å². The Bertz CT molecular complexity index is 2080. The fraction of sp³-hybridized carbons (Fsp3) is 0. The molecule has 4 heterocycles. The molecule has 0 aliphatic carbocycles. The van der Waals surface area contributed by atoms with Gasteiger partial charge in [-0.25, -0.2) is 0 Å². The van der Waals surface area contributed by atoms with Gasteiger partial charge in [-0.15, -0.1) is 0 Å². The normalized spacial score (nSPS) is 11.2. The van der Waals surface area contributed by atoms with E-state index in [1.165, 1.54) is 0 Å². The highest BCUT2D eigenvalue weighted by Crippen LogP contribution is 2.43. The molecule has 0 atom stereocenters. The number of nitrogens with zero attached hydrogens (tertiary/aromatic N) is 4. The Kier molecular flexibility index (Phi) is 7.38. The smallest absolute Gasteiger partial charge is 0.0886 e. The Hall–Kier alpha value is -6.00. The molecule has 7 aromatic rings. The van der Waals surface area contributed by atoms with Gasteiger partial charge in [0.25, 0.3) is 0 Å². The summed E-state index contributed by atoms with van der Waals surface area (Å²) in [5, 5.41) is 2.25. The third-order valence-electron chi connectivity index (χ3n) is 7.73. The average molecular weight is 565 g/mol. The highest BCUT2D eigenvalue weighted by Gasteiger charge is 2.20. The maximum Gasteiger partial charge on any atom is 0.0886 e. The van der Waals surface area contributed by atoms with Crippen LogP contribution in [-0.4, -0.2) is 19.9 Å². The molecule has 208 valence electrons. The van der Waals surface area contributed by atoms with Gasteiger partial charge in [0.2, 0.25) is 0 Å². The topological polar surface area (TPSA) is 51.6 Å². The van der Waals surface area contributed by atoms with Crippen molar-refractivity contribution >= 4 is 29.0 Å². The predicted molar refractivity (Wildman–Crippen MR) is 182 cm³/mol. The van der Waals surface area contributed by atoms with Gasteiger partial charge in [-0.3, -0.25) is 19.9 Å². The maximum atomic E-state index is 4.84. The fourth-order valence-corrected chi connectivity index (χ4v) is 5.66. The summed E-state index contributed by atoms with van der Waals surface area (Å²) in [7, 11) is 0. The molecular weight excluding hydrogens is 536 g/mol. The zero-order valence-electron chi connectivity index (χ0n) is 24.0. The molecule has 0 amide bonds. The lowest BCUT2D eigenvalue weighted by Gasteiger charge is -2.20. The van der Waals surface area contributed by atoms with Crippen LogP contribution >= 0.6 is 0 Å². The number of fused-ring (bicyclic) bond motifs is 1. The molecule has 0 radical (unpaired) electrons. The Morgan fingerprint density at radius 2 is 1.11 bits per heavy atom. The van der Waals surface area contributed by atoms with Gasteiger partial charge in [-0.2, -0.15) is 0 Å². The lowest BCUT2D eigenvalue weighted by Crippen LogP contribution is -1.97. The van der Waals surface area contributed by atoms with E-state index in [2.05, 4.69) is 95.4 Å². The maximum absolute atomic E-state index is 4.84. The average Bonchev–Trinajstić information content (AvgIpc) is 3.11.